The van der Waals surface area contributed by atoms with Crippen LogP contribution in [0.1, 0.15) is 6.42 Å². The van der Waals surface area contributed by atoms with Crippen molar-refractivity contribution < 1.29 is 13.2 Å². The molecule has 0 aliphatic rings. The van der Waals surface area contributed by atoms with Crippen molar-refractivity contribution in [2.75, 3.05) is 32.1 Å². The van der Waals surface area contributed by atoms with Gasteiger partial charge in [-0.1, -0.05) is 0 Å². The highest BCUT2D eigenvalue weighted by molar-refractivity contribution is 7.91. The van der Waals surface area contributed by atoms with E-state index in [4.69, 9.17) is 5.73 Å². The number of nitrogens with zero attached hydrogens (tertiary/aromatic N) is 1. The SMILES string of the molecule is CN(CCCN)C(=O)CS(C)(=O)=O. The number of hydrogen-bond donors (Lipinski definition) is 1. The Morgan fingerprint density at radius 1 is 1.46 bits per heavy atom. The maximum absolute atomic E-state index is 11.2. The van der Waals surface area contributed by atoms with Crippen LogP contribution in [0.15, 0.2) is 0 Å². The fourth-order valence-electron chi connectivity index (χ4n) is 0.788. The fourth-order valence-corrected chi connectivity index (χ4v) is 1.46. The Morgan fingerprint density at radius 2 is 2.00 bits per heavy atom. The zero-order valence-corrected chi connectivity index (χ0v) is 8.80. The first-order valence-corrected chi connectivity index (χ1v) is 6.04. The molecule has 0 bridgehead atoms. The van der Waals surface area contributed by atoms with Crippen LogP contribution in [0, 0.1) is 0 Å². The number of nitrogens with two attached hydrogens (primary N) is 1. The van der Waals surface area contributed by atoms with Gasteiger partial charge in [0.1, 0.15) is 5.75 Å². The number of hydrogen-bond acceptors (Lipinski definition) is 4. The van der Waals surface area contributed by atoms with Gasteiger partial charge in [-0.3, -0.25) is 4.79 Å². The van der Waals surface area contributed by atoms with Crippen LogP contribution in [0.4, 0.5) is 0 Å². The molecule has 0 radical (unpaired) electrons. The normalized spacial score (nSPS) is 11.3. The van der Waals surface area contributed by atoms with Gasteiger partial charge in [-0.2, -0.15) is 0 Å². The minimum absolute atomic E-state index is 0.379. The highest BCUT2D eigenvalue weighted by Gasteiger charge is 2.14. The van der Waals surface area contributed by atoms with Crippen molar-refractivity contribution in [1.82, 2.24) is 4.90 Å². The lowest BCUT2D eigenvalue weighted by Crippen LogP contribution is -2.33. The third kappa shape index (κ3) is 6.53. The van der Waals surface area contributed by atoms with Crippen LogP contribution >= 0.6 is 0 Å². The molecular weight excluding hydrogens is 192 g/mol. The summed E-state index contributed by atoms with van der Waals surface area (Å²) in [6.07, 6.45) is 1.73. The first kappa shape index (κ1) is 12.4. The van der Waals surface area contributed by atoms with Gasteiger partial charge in [0.25, 0.3) is 0 Å². The summed E-state index contributed by atoms with van der Waals surface area (Å²) in [6.45, 7) is 1.00. The van der Waals surface area contributed by atoms with E-state index in [0.717, 1.165) is 6.26 Å². The maximum Gasteiger partial charge on any atom is 0.237 e. The van der Waals surface area contributed by atoms with Crippen LogP contribution in [-0.4, -0.2) is 51.4 Å². The van der Waals surface area contributed by atoms with Crippen LogP contribution in [0.2, 0.25) is 0 Å². The maximum atomic E-state index is 11.2. The highest BCUT2D eigenvalue weighted by Crippen LogP contribution is 1.91. The molecule has 0 fully saturated rings. The van der Waals surface area contributed by atoms with Crippen molar-refractivity contribution in [3.63, 3.8) is 0 Å². The largest absolute Gasteiger partial charge is 0.345 e. The van der Waals surface area contributed by atoms with E-state index in [1.807, 2.05) is 0 Å². The first-order chi connectivity index (χ1) is 5.87. The molecule has 0 aromatic carbocycles. The molecule has 0 aromatic rings. The summed E-state index contributed by atoms with van der Waals surface area (Å²) in [5, 5.41) is 0. The van der Waals surface area contributed by atoms with Gasteiger partial charge in [0.2, 0.25) is 5.91 Å². The van der Waals surface area contributed by atoms with E-state index >= 15 is 0 Å². The van der Waals surface area contributed by atoms with Crippen molar-refractivity contribution in [3.8, 4) is 0 Å². The number of rotatable bonds is 5. The third-order valence-electron chi connectivity index (χ3n) is 1.51. The summed E-state index contributed by atoms with van der Waals surface area (Å²) < 4.78 is 21.5. The minimum atomic E-state index is -3.22. The van der Waals surface area contributed by atoms with E-state index in [2.05, 4.69) is 0 Å². The van der Waals surface area contributed by atoms with Gasteiger partial charge in [-0.05, 0) is 13.0 Å². The predicted molar refractivity (Wildman–Crippen MR) is 51.0 cm³/mol. The first-order valence-electron chi connectivity index (χ1n) is 3.98. The Bertz CT molecular complexity index is 261. The molecule has 2 N–H and O–H groups in total. The predicted octanol–water partition coefficient (Wildman–Crippen LogP) is -1.16. The average molecular weight is 208 g/mol. The zero-order chi connectivity index (χ0) is 10.5. The molecule has 0 atom stereocenters. The monoisotopic (exact) mass is 208 g/mol. The Labute approximate surface area is 78.8 Å². The van der Waals surface area contributed by atoms with E-state index in [1.54, 1.807) is 7.05 Å². The van der Waals surface area contributed by atoms with E-state index in [0.29, 0.717) is 19.5 Å². The van der Waals surface area contributed by atoms with Crippen LogP contribution in [0.5, 0.6) is 0 Å². The molecule has 0 rings (SSSR count). The van der Waals surface area contributed by atoms with Gasteiger partial charge < -0.3 is 10.6 Å². The van der Waals surface area contributed by atoms with Gasteiger partial charge in [0, 0.05) is 19.8 Å². The average Bonchev–Trinajstić information content (AvgIpc) is 1.96. The van der Waals surface area contributed by atoms with Gasteiger partial charge in [0.05, 0.1) is 0 Å². The summed E-state index contributed by atoms with van der Waals surface area (Å²) in [6, 6.07) is 0. The molecule has 5 nitrogen and oxygen atoms in total. The van der Waals surface area contributed by atoms with Crippen LogP contribution < -0.4 is 5.73 Å². The molecule has 78 valence electrons. The van der Waals surface area contributed by atoms with E-state index < -0.39 is 15.6 Å². The number of sulfone groups is 1. The number of carbonyl (C=O) groups is 1. The fraction of sp³-hybridized carbons (Fsp3) is 0.857. The Balaban J connectivity index is 3.97. The van der Waals surface area contributed by atoms with E-state index in [1.165, 1.54) is 4.90 Å². The van der Waals surface area contributed by atoms with Crippen molar-refractivity contribution in [1.29, 1.82) is 0 Å². The lowest BCUT2D eigenvalue weighted by atomic mass is 10.4. The van der Waals surface area contributed by atoms with Crippen molar-refractivity contribution in [2.45, 2.75) is 6.42 Å². The van der Waals surface area contributed by atoms with Crippen LogP contribution in [0.25, 0.3) is 0 Å². The second-order valence-electron chi connectivity index (χ2n) is 3.03. The molecule has 1 amide bonds. The second kappa shape index (κ2) is 5.18. The molecule has 0 aromatic heterocycles. The number of carbonyl (C=O) groups excluding carboxylic acids is 1. The van der Waals surface area contributed by atoms with Crippen molar-refractivity contribution in [2.24, 2.45) is 5.73 Å². The molecule has 13 heavy (non-hydrogen) atoms. The summed E-state index contributed by atoms with van der Waals surface area (Å²) in [5.74, 6) is -0.801. The summed E-state index contributed by atoms with van der Waals surface area (Å²) >= 11 is 0. The van der Waals surface area contributed by atoms with Gasteiger partial charge in [-0.15, -0.1) is 0 Å². The van der Waals surface area contributed by atoms with Crippen LogP contribution in [-0.2, 0) is 14.6 Å². The topological polar surface area (TPSA) is 80.5 Å². The summed E-state index contributed by atoms with van der Waals surface area (Å²) in [4.78, 5) is 12.6. The minimum Gasteiger partial charge on any atom is -0.345 e. The molecule has 0 spiro atoms. The zero-order valence-electron chi connectivity index (χ0n) is 7.99. The van der Waals surface area contributed by atoms with Gasteiger partial charge in [-0.25, -0.2) is 8.42 Å². The van der Waals surface area contributed by atoms with Crippen molar-refractivity contribution in [3.05, 3.63) is 0 Å². The lowest BCUT2D eigenvalue weighted by Gasteiger charge is -2.15. The molecule has 0 saturated heterocycles. The number of amides is 1. The molecule has 6 heteroatoms. The third-order valence-corrected chi connectivity index (χ3v) is 2.28. The Kier molecular flexibility index (Phi) is 4.94. The lowest BCUT2D eigenvalue weighted by molar-refractivity contribution is -0.127. The Hall–Kier alpha value is -0.620. The molecule has 0 aliphatic heterocycles. The van der Waals surface area contributed by atoms with Gasteiger partial charge in [0.15, 0.2) is 9.84 Å². The highest BCUT2D eigenvalue weighted by atomic mass is 32.2. The molecular formula is C7H16N2O3S. The standard InChI is InChI=1S/C7H16N2O3S/c1-9(5-3-4-8)7(10)6-13(2,11)12/h3-6,8H2,1-2H3. The van der Waals surface area contributed by atoms with E-state index in [9.17, 15) is 13.2 Å². The van der Waals surface area contributed by atoms with Crippen LogP contribution in [0.3, 0.4) is 0 Å². The molecule has 0 aliphatic carbocycles. The molecule has 0 unspecified atom stereocenters. The quantitative estimate of drug-likeness (QED) is 0.618. The second-order valence-corrected chi connectivity index (χ2v) is 5.17. The summed E-state index contributed by atoms with van der Waals surface area (Å²) in [7, 11) is -1.64. The Morgan fingerprint density at radius 3 is 2.38 bits per heavy atom. The summed E-state index contributed by atoms with van der Waals surface area (Å²) in [5.41, 5.74) is 5.25. The smallest absolute Gasteiger partial charge is 0.237 e. The van der Waals surface area contributed by atoms with Gasteiger partial charge >= 0.3 is 0 Å². The molecule has 0 saturated carbocycles. The molecule has 0 heterocycles. The van der Waals surface area contributed by atoms with E-state index in [-0.39, 0.29) is 5.91 Å². The van der Waals surface area contributed by atoms with Crippen molar-refractivity contribution >= 4 is 15.7 Å².